The van der Waals surface area contributed by atoms with Gasteiger partial charge in [-0.25, -0.2) is 9.37 Å². The molecule has 0 atom stereocenters. The minimum atomic E-state index is -5.08. The second-order valence-electron chi connectivity index (χ2n) is 7.77. The number of amides is 1. The smallest absolute Gasteiger partial charge is 0.347 e. The summed E-state index contributed by atoms with van der Waals surface area (Å²) in [5.74, 6) is -2.98. The standard InChI is InChI=1S/C24H14F7N5O2/c25-20-12(10-34-22(38)16-3-1-2-8-32-16)4-6-14(24(29,30)31)19(20)21-35-17(9-18(37)36-21)15-7-5-13(11-33-15)23(26,27)28/h1-9,11H,10H2,(H,34,38)(H,35,36,37). The van der Waals surface area contributed by atoms with Crippen LogP contribution in [-0.4, -0.2) is 25.8 Å². The largest absolute Gasteiger partial charge is 0.417 e. The van der Waals surface area contributed by atoms with Crippen LogP contribution < -0.4 is 10.9 Å². The van der Waals surface area contributed by atoms with Gasteiger partial charge in [-0.05, 0) is 30.3 Å². The molecule has 196 valence electrons. The highest BCUT2D eigenvalue weighted by Crippen LogP contribution is 2.38. The molecule has 0 fully saturated rings. The first-order valence-electron chi connectivity index (χ1n) is 10.6. The summed E-state index contributed by atoms with van der Waals surface area (Å²) in [6.07, 6.45) is -7.97. The Bertz CT molecular complexity index is 1530. The number of benzene rings is 1. The van der Waals surface area contributed by atoms with Crippen molar-refractivity contribution in [2.24, 2.45) is 0 Å². The van der Waals surface area contributed by atoms with Gasteiger partial charge in [0.1, 0.15) is 17.3 Å². The molecule has 0 bridgehead atoms. The molecule has 0 aliphatic rings. The van der Waals surface area contributed by atoms with Gasteiger partial charge in [-0.1, -0.05) is 12.1 Å². The van der Waals surface area contributed by atoms with Crippen molar-refractivity contribution in [3.63, 3.8) is 0 Å². The number of pyridine rings is 2. The summed E-state index contributed by atoms with van der Waals surface area (Å²) in [5, 5.41) is 2.34. The third-order valence-electron chi connectivity index (χ3n) is 5.20. The molecule has 0 spiro atoms. The number of nitrogens with zero attached hydrogens (tertiary/aromatic N) is 3. The van der Waals surface area contributed by atoms with Gasteiger partial charge in [-0.2, -0.15) is 26.3 Å². The molecule has 2 N–H and O–H groups in total. The first-order chi connectivity index (χ1) is 17.8. The maximum Gasteiger partial charge on any atom is 0.417 e. The lowest BCUT2D eigenvalue weighted by Crippen LogP contribution is -2.24. The van der Waals surface area contributed by atoms with E-state index in [1.165, 1.54) is 18.3 Å². The Morgan fingerprint density at radius 1 is 0.921 bits per heavy atom. The Hall–Kier alpha value is -4.62. The van der Waals surface area contributed by atoms with Crippen LogP contribution >= 0.6 is 0 Å². The summed E-state index contributed by atoms with van der Waals surface area (Å²) >= 11 is 0. The van der Waals surface area contributed by atoms with E-state index in [0.717, 1.165) is 18.2 Å². The molecule has 0 aliphatic heterocycles. The van der Waals surface area contributed by atoms with Crippen LogP contribution in [0.3, 0.4) is 0 Å². The number of aromatic nitrogens is 4. The van der Waals surface area contributed by atoms with E-state index in [1.807, 2.05) is 4.98 Å². The highest BCUT2D eigenvalue weighted by molar-refractivity contribution is 5.92. The molecule has 3 aromatic heterocycles. The minimum Gasteiger partial charge on any atom is -0.347 e. The number of H-pyrrole nitrogens is 1. The Balaban J connectivity index is 1.76. The maximum absolute atomic E-state index is 15.5. The van der Waals surface area contributed by atoms with Gasteiger partial charge < -0.3 is 10.3 Å². The molecule has 38 heavy (non-hydrogen) atoms. The summed E-state index contributed by atoms with van der Waals surface area (Å²) < 4.78 is 95.3. The van der Waals surface area contributed by atoms with Gasteiger partial charge in [-0.15, -0.1) is 0 Å². The van der Waals surface area contributed by atoms with Gasteiger partial charge in [0.2, 0.25) is 0 Å². The van der Waals surface area contributed by atoms with E-state index in [1.54, 1.807) is 6.07 Å². The molecule has 0 radical (unpaired) electrons. The molecule has 4 rings (SSSR count). The normalized spacial score (nSPS) is 11.9. The summed E-state index contributed by atoms with van der Waals surface area (Å²) in [4.78, 5) is 37.7. The summed E-state index contributed by atoms with van der Waals surface area (Å²) in [7, 11) is 0. The average molecular weight is 537 g/mol. The van der Waals surface area contributed by atoms with E-state index in [9.17, 15) is 35.9 Å². The van der Waals surface area contributed by atoms with Crippen molar-refractivity contribution in [2.75, 3.05) is 0 Å². The van der Waals surface area contributed by atoms with Gasteiger partial charge in [-0.3, -0.25) is 19.6 Å². The Labute approximate surface area is 208 Å². The zero-order chi connectivity index (χ0) is 27.7. The Morgan fingerprint density at radius 2 is 1.68 bits per heavy atom. The van der Waals surface area contributed by atoms with E-state index < -0.39 is 58.7 Å². The fourth-order valence-corrected chi connectivity index (χ4v) is 3.41. The SMILES string of the molecule is O=C(NCc1ccc(C(F)(F)F)c(-c2nc(-c3ccc(C(F)(F)F)cn3)cc(=O)[nH]2)c1F)c1ccccn1. The number of nitrogens with one attached hydrogen (secondary N) is 2. The van der Waals surface area contributed by atoms with Gasteiger partial charge in [0.25, 0.3) is 11.5 Å². The van der Waals surface area contributed by atoms with Crippen molar-refractivity contribution in [3.05, 3.63) is 99.5 Å². The van der Waals surface area contributed by atoms with Gasteiger partial charge in [0.05, 0.1) is 28.1 Å². The molecule has 1 aromatic carbocycles. The molecule has 14 heteroatoms. The zero-order valence-electron chi connectivity index (χ0n) is 18.8. The molecule has 1 amide bonds. The fraction of sp³-hybridized carbons (Fsp3) is 0.125. The third-order valence-corrected chi connectivity index (χ3v) is 5.20. The van der Waals surface area contributed by atoms with Gasteiger partial charge in [0.15, 0.2) is 0 Å². The molecule has 3 heterocycles. The molecule has 0 unspecified atom stereocenters. The monoisotopic (exact) mass is 537 g/mol. The second-order valence-corrected chi connectivity index (χ2v) is 7.77. The molecular formula is C24H14F7N5O2. The predicted molar refractivity (Wildman–Crippen MR) is 119 cm³/mol. The Morgan fingerprint density at radius 3 is 2.29 bits per heavy atom. The molecule has 4 aromatic rings. The second kappa shape index (κ2) is 10.0. The van der Waals surface area contributed by atoms with Crippen LogP contribution in [0.1, 0.15) is 27.2 Å². The van der Waals surface area contributed by atoms with E-state index in [2.05, 4.69) is 20.3 Å². The van der Waals surface area contributed by atoms with Crippen molar-refractivity contribution < 1.29 is 35.5 Å². The quantitative estimate of drug-likeness (QED) is 0.349. The number of hydrogen-bond acceptors (Lipinski definition) is 5. The lowest BCUT2D eigenvalue weighted by atomic mass is 10.0. The highest BCUT2D eigenvalue weighted by atomic mass is 19.4. The lowest BCUT2D eigenvalue weighted by Gasteiger charge is -2.16. The highest BCUT2D eigenvalue weighted by Gasteiger charge is 2.37. The van der Waals surface area contributed by atoms with Crippen molar-refractivity contribution in [3.8, 4) is 22.8 Å². The fourth-order valence-electron chi connectivity index (χ4n) is 3.41. The van der Waals surface area contributed by atoms with E-state index in [-0.39, 0.29) is 22.6 Å². The van der Waals surface area contributed by atoms with E-state index >= 15 is 4.39 Å². The molecule has 0 saturated heterocycles. The van der Waals surface area contributed by atoms with Gasteiger partial charge >= 0.3 is 12.4 Å². The number of hydrogen-bond donors (Lipinski definition) is 2. The van der Waals surface area contributed by atoms with Crippen LogP contribution in [0.4, 0.5) is 30.7 Å². The van der Waals surface area contributed by atoms with Crippen molar-refractivity contribution >= 4 is 5.91 Å². The summed E-state index contributed by atoms with van der Waals surface area (Å²) in [5.41, 5.74) is -5.73. The molecule has 0 saturated carbocycles. The van der Waals surface area contributed by atoms with Crippen molar-refractivity contribution in [1.82, 2.24) is 25.3 Å². The average Bonchev–Trinajstić information content (AvgIpc) is 2.86. The summed E-state index contributed by atoms with van der Waals surface area (Å²) in [6, 6.07) is 8.15. The predicted octanol–water partition coefficient (Wildman–Crippen LogP) is 5.00. The number of rotatable bonds is 5. The van der Waals surface area contributed by atoms with E-state index in [0.29, 0.717) is 18.3 Å². The first kappa shape index (κ1) is 26.4. The van der Waals surface area contributed by atoms with Crippen LogP contribution in [0.15, 0.2) is 65.7 Å². The van der Waals surface area contributed by atoms with Crippen LogP contribution in [-0.2, 0) is 18.9 Å². The number of carbonyl (C=O) groups excluding carboxylic acids is 1. The number of alkyl halides is 6. The zero-order valence-corrected chi connectivity index (χ0v) is 18.8. The Kier molecular flexibility index (Phi) is 6.98. The molecular weight excluding hydrogens is 523 g/mol. The summed E-state index contributed by atoms with van der Waals surface area (Å²) in [6.45, 7) is -0.531. The van der Waals surface area contributed by atoms with Crippen LogP contribution in [0.2, 0.25) is 0 Å². The topological polar surface area (TPSA) is 101 Å². The number of carbonyl (C=O) groups is 1. The minimum absolute atomic E-state index is 0.0113. The maximum atomic E-state index is 15.5. The first-order valence-corrected chi connectivity index (χ1v) is 10.6. The van der Waals surface area contributed by atoms with Crippen molar-refractivity contribution in [2.45, 2.75) is 18.9 Å². The van der Waals surface area contributed by atoms with Crippen LogP contribution in [0.25, 0.3) is 22.8 Å². The number of aromatic amines is 1. The molecule has 7 nitrogen and oxygen atoms in total. The van der Waals surface area contributed by atoms with Gasteiger partial charge in [0, 0.05) is 30.6 Å². The lowest BCUT2D eigenvalue weighted by molar-refractivity contribution is -0.138. The van der Waals surface area contributed by atoms with Crippen molar-refractivity contribution in [1.29, 1.82) is 0 Å². The third kappa shape index (κ3) is 5.68. The molecule has 0 aliphatic carbocycles. The number of halogens is 7. The van der Waals surface area contributed by atoms with Crippen LogP contribution in [0.5, 0.6) is 0 Å². The van der Waals surface area contributed by atoms with Crippen LogP contribution in [0, 0.1) is 5.82 Å². The van der Waals surface area contributed by atoms with E-state index in [4.69, 9.17) is 0 Å².